The molecule has 0 radical (unpaired) electrons. The number of halogens is 2. The summed E-state index contributed by atoms with van der Waals surface area (Å²) in [7, 11) is 0. The number of nitro groups is 1. The van der Waals surface area contributed by atoms with E-state index in [1.165, 1.54) is 12.1 Å². The molecule has 0 aliphatic carbocycles. The number of ether oxygens (including phenoxy) is 1. The van der Waals surface area contributed by atoms with E-state index < -0.39 is 4.92 Å². The standard InChI is InChI=1S/C21H16Br2N2O3/c1-14-4-2-3-5-20(14)24-12-16-10-18(22)21(19(23)11-16)28-13-15-6-8-17(9-7-15)25(26)27/h2-12H,13H2,1H3. The van der Waals surface area contributed by atoms with Crippen LogP contribution in [0.5, 0.6) is 5.75 Å². The summed E-state index contributed by atoms with van der Waals surface area (Å²) >= 11 is 7.07. The highest BCUT2D eigenvalue weighted by atomic mass is 79.9. The fourth-order valence-corrected chi connectivity index (χ4v) is 3.96. The van der Waals surface area contributed by atoms with Crippen LogP contribution in [-0.4, -0.2) is 11.1 Å². The highest BCUT2D eigenvalue weighted by molar-refractivity contribution is 9.11. The average Bonchev–Trinajstić information content (AvgIpc) is 2.67. The summed E-state index contributed by atoms with van der Waals surface area (Å²) in [5.41, 5.74) is 3.86. The SMILES string of the molecule is Cc1ccccc1N=Cc1cc(Br)c(OCc2ccc([N+](=O)[O-])cc2)c(Br)c1. The molecule has 0 aliphatic rings. The molecule has 0 aromatic heterocycles. The molecule has 0 amide bonds. The Morgan fingerprint density at radius 1 is 1.07 bits per heavy atom. The van der Waals surface area contributed by atoms with E-state index in [0.29, 0.717) is 12.4 Å². The Labute approximate surface area is 179 Å². The van der Waals surface area contributed by atoms with Crippen LogP contribution in [0.2, 0.25) is 0 Å². The minimum atomic E-state index is -0.422. The predicted octanol–water partition coefficient (Wildman–Crippen LogP) is 6.76. The number of para-hydroxylation sites is 1. The van der Waals surface area contributed by atoms with Gasteiger partial charge in [0.05, 0.1) is 19.6 Å². The number of benzene rings is 3. The van der Waals surface area contributed by atoms with Gasteiger partial charge in [-0.15, -0.1) is 0 Å². The average molecular weight is 504 g/mol. The number of nitrogens with zero attached hydrogens (tertiary/aromatic N) is 2. The molecule has 5 nitrogen and oxygen atoms in total. The van der Waals surface area contributed by atoms with Gasteiger partial charge in [-0.25, -0.2) is 0 Å². The smallest absolute Gasteiger partial charge is 0.269 e. The number of hydrogen-bond acceptors (Lipinski definition) is 4. The van der Waals surface area contributed by atoms with Gasteiger partial charge in [0.1, 0.15) is 12.4 Å². The van der Waals surface area contributed by atoms with Crippen LogP contribution < -0.4 is 4.74 Å². The van der Waals surface area contributed by atoms with Gasteiger partial charge in [0.2, 0.25) is 0 Å². The lowest BCUT2D eigenvalue weighted by Gasteiger charge is -2.11. The van der Waals surface area contributed by atoms with Gasteiger partial charge in [-0.3, -0.25) is 15.1 Å². The Hall–Kier alpha value is -2.51. The second kappa shape index (κ2) is 9.12. The van der Waals surface area contributed by atoms with Crippen LogP contribution in [-0.2, 0) is 6.61 Å². The summed E-state index contributed by atoms with van der Waals surface area (Å²) < 4.78 is 7.46. The normalized spacial score (nSPS) is 11.0. The minimum absolute atomic E-state index is 0.0587. The molecule has 142 valence electrons. The fourth-order valence-electron chi connectivity index (χ4n) is 2.51. The largest absolute Gasteiger partial charge is 0.487 e. The van der Waals surface area contributed by atoms with Crippen molar-refractivity contribution in [1.82, 2.24) is 0 Å². The van der Waals surface area contributed by atoms with Gasteiger partial charge in [0.15, 0.2) is 0 Å². The molecule has 0 spiro atoms. The molecule has 0 aliphatic heterocycles. The number of aryl methyl sites for hydroxylation is 1. The number of non-ortho nitro benzene ring substituents is 1. The fraction of sp³-hybridized carbons (Fsp3) is 0.0952. The lowest BCUT2D eigenvalue weighted by Crippen LogP contribution is -1.98. The number of rotatable bonds is 6. The lowest BCUT2D eigenvalue weighted by molar-refractivity contribution is -0.384. The van der Waals surface area contributed by atoms with Gasteiger partial charge >= 0.3 is 0 Å². The van der Waals surface area contributed by atoms with Crippen molar-refractivity contribution in [2.24, 2.45) is 4.99 Å². The predicted molar refractivity (Wildman–Crippen MR) is 118 cm³/mol. The van der Waals surface area contributed by atoms with E-state index >= 15 is 0 Å². The molecule has 28 heavy (non-hydrogen) atoms. The highest BCUT2D eigenvalue weighted by Gasteiger charge is 2.10. The van der Waals surface area contributed by atoms with Crippen molar-refractivity contribution in [2.45, 2.75) is 13.5 Å². The van der Waals surface area contributed by atoms with Crippen molar-refractivity contribution < 1.29 is 9.66 Å². The second-order valence-corrected chi connectivity index (χ2v) is 7.78. The van der Waals surface area contributed by atoms with Gasteiger partial charge in [-0.1, -0.05) is 18.2 Å². The van der Waals surface area contributed by atoms with E-state index in [1.54, 1.807) is 18.3 Å². The first-order valence-electron chi connectivity index (χ1n) is 8.39. The van der Waals surface area contributed by atoms with Crippen molar-refractivity contribution in [3.63, 3.8) is 0 Å². The highest BCUT2D eigenvalue weighted by Crippen LogP contribution is 2.35. The molecule has 7 heteroatoms. The van der Waals surface area contributed by atoms with Crippen molar-refractivity contribution >= 4 is 49.4 Å². The van der Waals surface area contributed by atoms with E-state index in [-0.39, 0.29) is 5.69 Å². The summed E-state index contributed by atoms with van der Waals surface area (Å²) in [6, 6.07) is 18.1. The van der Waals surface area contributed by atoms with E-state index in [0.717, 1.165) is 31.3 Å². The zero-order valence-corrected chi connectivity index (χ0v) is 18.1. The molecule has 0 saturated carbocycles. The van der Waals surface area contributed by atoms with Crippen molar-refractivity contribution in [3.05, 3.63) is 96.4 Å². The first-order chi connectivity index (χ1) is 13.4. The third kappa shape index (κ3) is 5.05. The Bertz CT molecular complexity index is 1010. The quantitative estimate of drug-likeness (QED) is 0.212. The topological polar surface area (TPSA) is 64.7 Å². The zero-order valence-electron chi connectivity index (χ0n) is 14.9. The zero-order chi connectivity index (χ0) is 20.1. The maximum atomic E-state index is 10.7. The van der Waals surface area contributed by atoms with Gasteiger partial charge in [0.25, 0.3) is 5.69 Å². The third-order valence-corrected chi connectivity index (χ3v) is 5.20. The van der Waals surface area contributed by atoms with Crippen LogP contribution in [0.15, 0.2) is 74.6 Å². The van der Waals surface area contributed by atoms with Crippen molar-refractivity contribution in [1.29, 1.82) is 0 Å². The summed E-state index contributed by atoms with van der Waals surface area (Å²) in [5.74, 6) is 0.659. The maximum Gasteiger partial charge on any atom is 0.269 e. The molecule has 3 aromatic rings. The van der Waals surface area contributed by atoms with Gasteiger partial charge in [0, 0.05) is 18.3 Å². The Morgan fingerprint density at radius 2 is 1.71 bits per heavy atom. The van der Waals surface area contributed by atoms with Crippen LogP contribution in [0.25, 0.3) is 0 Å². The maximum absolute atomic E-state index is 10.7. The molecule has 0 atom stereocenters. The lowest BCUT2D eigenvalue weighted by atomic mass is 10.2. The van der Waals surface area contributed by atoms with Crippen LogP contribution in [0, 0.1) is 17.0 Å². The summed E-state index contributed by atoms with van der Waals surface area (Å²) in [5, 5.41) is 10.7. The minimum Gasteiger partial charge on any atom is -0.487 e. The van der Waals surface area contributed by atoms with Crippen molar-refractivity contribution in [2.75, 3.05) is 0 Å². The third-order valence-electron chi connectivity index (χ3n) is 4.02. The number of aliphatic imine (C=N–C) groups is 1. The van der Waals surface area contributed by atoms with Crippen molar-refractivity contribution in [3.8, 4) is 5.75 Å². The monoisotopic (exact) mass is 502 g/mol. The molecule has 0 fully saturated rings. The molecule has 0 heterocycles. The van der Waals surface area contributed by atoms with E-state index in [2.05, 4.69) is 36.9 Å². The van der Waals surface area contributed by atoms with E-state index in [9.17, 15) is 10.1 Å². The van der Waals surface area contributed by atoms with Crippen LogP contribution in [0.3, 0.4) is 0 Å². The summed E-state index contributed by atoms with van der Waals surface area (Å²) in [6.07, 6.45) is 1.80. The number of nitro benzene ring substituents is 1. The molecule has 0 N–H and O–H groups in total. The van der Waals surface area contributed by atoms with Crippen LogP contribution >= 0.6 is 31.9 Å². The van der Waals surface area contributed by atoms with Gasteiger partial charge in [-0.05, 0) is 85.8 Å². The molecular formula is C21H16Br2N2O3. The Morgan fingerprint density at radius 3 is 2.32 bits per heavy atom. The summed E-state index contributed by atoms with van der Waals surface area (Å²) in [4.78, 5) is 14.8. The molecular weight excluding hydrogens is 488 g/mol. The first-order valence-corrected chi connectivity index (χ1v) is 9.97. The Kier molecular flexibility index (Phi) is 6.59. The van der Waals surface area contributed by atoms with Gasteiger partial charge < -0.3 is 4.74 Å². The van der Waals surface area contributed by atoms with Gasteiger partial charge in [-0.2, -0.15) is 0 Å². The van der Waals surface area contributed by atoms with E-state index in [4.69, 9.17) is 4.74 Å². The second-order valence-electron chi connectivity index (χ2n) is 6.07. The summed E-state index contributed by atoms with van der Waals surface area (Å²) in [6.45, 7) is 2.32. The number of hydrogen-bond donors (Lipinski definition) is 0. The first kappa shape index (κ1) is 20.2. The molecule has 0 unspecified atom stereocenters. The van der Waals surface area contributed by atoms with E-state index in [1.807, 2.05) is 43.3 Å². The molecule has 3 rings (SSSR count). The molecule has 0 saturated heterocycles. The van der Waals surface area contributed by atoms with Crippen LogP contribution in [0.1, 0.15) is 16.7 Å². The Balaban J connectivity index is 1.73. The molecule has 0 bridgehead atoms. The van der Waals surface area contributed by atoms with Crippen LogP contribution in [0.4, 0.5) is 11.4 Å². The molecule has 3 aromatic carbocycles.